The molecule has 0 fully saturated rings. The van der Waals surface area contributed by atoms with E-state index in [4.69, 9.17) is 23.2 Å². The molecule has 0 saturated carbocycles. The van der Waals surface area contributed by atoms with Crippen LogP contribution in [-0.2, 0) is 16.0 Å². The van der Waals surface area contributed by atoms with Crippen molar-refractivity contribution in [3.8, 4) is 0 Å². The Balaban J connectivity index is 2.01. The van der Waals surface area contributed by atoms with E-state index in [1.54, 1.807) is 36.4 Å². The van der Waals surface area contributed by atoms with Crippen molar-refractivity contribution in [3.05, 3.63) is 57.6 Å². The molecule has 2 aromatic carbocycles. The Morgan fingerprint density at radius 1 is 0.957 bits per heavy atom. The highest BCUT2D eigenvalue weighted by Gasteiger charge is 2.08. The maximum Gasteiger partial charge on any atom is 0.228 e. The fourth-order valence-electron chi connectivity index (χ4n) is 2.02. The van der Waals surface area contributed by atoms with Crippen LogP contribution in [0, 0.1) is 6.92 Å². The maximum absolute atomic E-state index is 12.1. The molecule has 2 amide bonds. The van der Waals surface area contributed by atoms with Gasteiger partial charge in [0, 0.05) is 28.3 Å². The topological polar surface area (TPSA) is 58.2 Å². The second-order valence-electron chi connectivity index (χ2n) is 5.17. The van der Waals surface area contributed by atoms with E-state index < -0.39 is 0 Å². The van der Waals surface area contributed by atoms with Crippen LogP contribution < -0.4 is 10.6 Å². The highest BCUT2D eigenvalue weighted by Crippen LogP contribution is 2.28. The summed E-state index contributed by atoms with van der Waals surface area (Å²) in [5, 5.41) is 6.46. The van der Waals surface area contributed by atoms with Gasteiger partial charge in [0.2, 0.25) is 11.8 Å². The maximum atomic E-state index is 12.1. The number of anilines is 2. The minimum atomic E-state index is -0.173. The van der Waals surface area contributed by atoms with Crippen molar-refractivity contribution < 1.29 is 9.59 Å². The van der Waals surface area contributed by atoms with Crippen LogP contribution in [0.5, 0.6) is 0 Å². The van der Waals surface area contributed by atoms with E-state index in [1.807, 2.05) is 6.92 Å². The van der Waals surface area contributed by atoms with Gasteiger partial charge in [-0.25, -0.2) is 0 Å². The molecule has 2 N–H and O–H groups in total. The zero-order valence-corrected chi connectivity index (χ0v) is 14.3. The Morgan fingerprint density at radius 3 is 2.04 bits per heavy atom. The average molecular weight is 351 g/mol. The molecule has 0 atom stereocenters. The van der Waals surface area contributed by atoms with Crippen LogP contribution in [0.2, 0.25) is 10.0 Å². The summed E-state index contributed by atoms with van der Waals surface area (Å²) in [6.07, 6.45) is 0.212. The molecule has 0 unspecified atom stereocenters. The third-order valence-corrected chi connectivity index (χ3v) is 3.99. The van der Waals surface area contributed by atoms with Gasteiger partial charge in [-0.15, -0.1) is 0 Å². The van der Waals surface area contributed by atoms with Crippen LogP contribution in [0.25, 0.3) is 0 Å². The van der Waals surface area contributed by atoms with Crippen molar-refractivity contribution in [2.24, 2.45) is 0 Å². The summed E-state index contributed by atoms with van der Waals surface area (Å²) < 4.78 is 0. The van der Waals surface area contributed by atoms with Gasteiger partial charge >= 0.3 is 0 Å². The highest BCUT2D eigenvalue weighted by atomic mass is 35.5. The molecule has 6 heteroatoms. The van der Waals surface area contributed by atoms with Gasteiger partial charge in [0.25, 0.3) is 0 Å². The highest BCUT2D eigenvalue weighted by molar-refractivity contribution is 6.36. The zero-order valence-electron chi connectivity index (χ0n) is 12.7. The number of nitrogens with one attached hydrogen (secondary N) is 2. The first kappa shape index (κ1) is 17.3. The van der Waals surface area contributed by atoms with Gasteiger partial charge in [0.15, 0.2) is 0 Å². The second kappa shape index (κ2) is 7.49. The van der Waals surface area contributed by atoms with Gasteiger partial charge in [0.1, 0.15) is 0 Å². The Bertz CT molecular complexity index is 720. The van der Waals surface area contributed by atoms with Crippen molar-refractivity contribution in [2.45, 2.75) is 20.3 Å². The smallest absolute Gasteiger partial charge is 0.228 e. The SMILES string of the molecule is CC(=O)Nc1ccc(CC(=O)Nc2cc(Cl)c(C)c(Cl)c2)cc1. The van der Waals surface area contributed by atoms with Crippen molar-refractivity contribution in [1.29, 1.82) is 0 Å². The molecule has 0 bridgehead atoms. The molecule has 0 radical (unpaired) electrons. The summed E-state index contributed by atoms with van der Waals surface area (Å²) in [5.41, 5.74) is 2.87. The van der Waals surface area contributed by atoms with E-state index in [2.05, 4.69) is 10.6 Å². The van der Waals surface area contributed by atoms with Gasteiger partial charge < -0.3 is 10.6 Å². The fraction of sp³-hybridized carbons (Fsp3) is 0.176. The fourth-order valence-corrected chi connectivity index (χ4v) is 2.50. The molecule has 0 aliphatic heterocycles. The number of rotatable bonds is 4. The monoisotopic (exact) mass is 350 g/mol. The predicted octanol–water partition coefficient (Wildman–Crippen LogP) is 4.44. The Morgan fingerprint density at radius 2 is 1.52 bits per heavy atom. The van der Waals surface area contributed by atoms with Gasteiger partial charge in [-0.3, -0.25) is 9.59 Å². The average Bonchev–Trinajstić information content (AvgIpc) is 2.46. The minimum absolute atomic E-state index is 0.136. The van der Waals surface area contributed by atoms with E-state index in [-0.39, 0.29) is 18.2 Å². The van der Waals surface area contributed by atoms with Crippen LogP contribution in [-0.4, -0.2) is 11.8 Å². The molecule has 0 saturated heterocycles. The number of halogens is 2. The lowest BCUT2D eigenvalue weighted by atomic mass is 10.1. The number of benzene rings is 2. The third-order valence-electron chi connectivity index (χ3n) is 3.20. The molecule has 120 valence electrons. The van der Waals surface area contributed by atoms with Gasteiger partial charge in [-0.2, -0.15) is 0 Å². The lowest BCUT2D eigenvalue weighted by Gasteiger charge is -2.09. The number of hydrogen-bond acceptors (Lipinski definition) is 2. The first-order valence-corrected chi connectivity index (χ1v) is 7.73. The van der Waals surface area contributed by atoms with E-state index in [9.17, 15) is 9.59 Å². The number of carbonyl (C=O) groups excluding carboxylic acids is 2. The molecule has 0 spiro atoms. The Hall–Kier alpha value is -2.04. The predicted molar refractivity (Wildman–Crippen MR) is 94.3 cm³/mol. The molecule has 0 aliphatic carbocycles. The molecular formula is C17H16Cl2N2O2. The largest absolute Gasteiger partial charge is 0.326 e. The first-order chi connectivity index (χ1) is 10.8. The van der Waals surface area contributed by atoms with Crippen LogP contribution in [0.1, 0.15) is 18.1 Å². The van der Waals surface area contributed by atoms with Crippen LogP contribution >= 0.6 is 23.2 Å². The van der Waals surface area contributed by atoms with Gasteiger partial charge in [-0.05, 0) is 42.3 Å². The third kappa shape index (κ3) is 4.98. The summed E-state index contributed by atoms with van der Waals surface area (Å²) in [4.78, 5) is 23.0. The van der Waals surface area contributed by atoms with Crippen LogP contribution in [0.4, 0.5) is 11.4 Å². The van der Waals surface area contributed by atoms with E-state index in [0.29, 0.717) is 21.4 Å². The first-order valence-electron chi connectivity index (χ1n) is 6.97. The molecule has 2 aromatic rings. The molecule has 0 aliphatic rings. The number of carbonyl (C=O) groups is 2. The summed E-state index contributed by atoms with van der Waals surface area (Å²) in [6, 6.07) is 10.4. The molecule has 0 aromatic heterocycles. The van der Waals surface area contributed by atoms with Crippen molar-refractivity contribution in [3.63, 3.8) is 0 Å². The molecule has 2 rings (SSSR count). The summed E-state index contributed by atoms with van der Waals surface area (Å²) in [5.74, 6) is -0.308. The molecule has 4 nitrogen and oxygen atoms in total. The minimum Gasteiger partial charge on any atom is -0.326 e. The Labute approximate surface area is 144 Å². The number of hydrogen-bond donors (Lipinski definition) is 2. The Kier molecular flexibility index (Phi) is 5.64. The summed E-state index contributed by atoms with van der Waals surface area (Å²) >= 11 is 12.1. The second-order valence-corrected chi connectivity index (χ2v) is 5.98. The molecule has 23 heavy (non-hydrogen) atoms. The number of amides is 2. The van der Waals surface area contributed by atoms with Gasteiger partial charge in [0.05, 0.1) is 6.42 Å². The summed E-state index contributed by atoms with van der Waals surface area (Å²) in [7, 11) is 0. The quantitative estimate of drug-likeness (QED) is 0.856. The van der Waals surface area contributed by atoms with Crippen molar-refractivity contribution >= 4 is 46.4 Å². The van der Waals surface area contributed by atoms with Crippen LogP contribution in [0.15, 0.2) is 36.4 Å². The van der Waals surface area contributed by atoms with E-state index in [0.717, 1.165) is 11.1 Å². The van der Waals surface area contributed by atoms with Crippen molar-refractivity contribution in [2.75, 3.05) is 10.6 Å². The van der Waals surface area contributed by atoms with E-state index >= 15 is 0 Å². The van der Waals surface area contributed by atoms with Crippen molar-refractivity contribution in [1.82, 2.24) is 0 Å². The molecular weight excluding hydrogens is 335 g/mol. The summed E-state index contributed by atoms with van der Waals surface area (Å²) in [6.45, 7) is 3.26. The lowest BCUT2D eigenvalue weighted by Crippen LogP contribution is -2.14. The standard InChI is InChI=1S/C17H16Cl2N2O2/c1-10-15(18)8-14(9-16(10)19)21-17(23)7-12-3-5-13(6-4-12)20-11(2)22/h3-6,8-9H,7H2,1-2H3,(H,20,22)(H,21,23). The van der Waals surface area contributed by atoms with Crippen LogP contribution in [0.3, 0.4) is 0 Å². The van der Waals surface area contributed by atoms with Gasteiger partial charge in [-0.1, -0.05) is 35.3 Å². The van der Waals surface area contributed by atoms with E-state index in [1.165, 1.54) is 6.92 Å². The lowest BCUT2D eigenvalue weighted by molar-refractivity contribution is -0.116. The molecule has 0 heterocycles. The zero-order chi connectivity index (χ0) is 17.0. The normalized spacial score (nSPS) is 10.3.